The molecule has 0 amide bonds. The second-order valence-corrected chi connectivity index (χ2v) is 10.1. The number of hydrogen-bond donors (Lipinski definition) is 2. The van der Waals surface area contributed by atoms with Crippen LogP contribution in [0.3, 0.4) is 0 Å². The second kappa shape index (κ2) is 7.92. The van der Waals surface area contributed by atoms with E-state index in [1.165, 1.54) is 24.5 Å². The van der Waals surface area contributed by atoms with Gasteiger partial charge in [0, 0.05) is 34.2 Å². The number of rotatable bonds is 7. The molecule has 0 bridgehead atoms. The number of H-pyrrole nitrogens is 2. The smallest absolute Gasteiger partial charge is 0.310 e. The molecule has 0 aliphatic carbocycles. The van der Waals surface area contributed by atoms with Crippen LogP contribution < -0.4 is 8.37 Å². The summed E-state index contributed by atoms with van der Waals surface area (Å²) in [7, 11) is -8.59. The molecule has 0 unspecified atom stereocenters. The second-order valence-electron chi connectivity index (χ2n) is 6.74. The Morgan fingerprint density at radius 3 is 1.50 bits per heavy atom. The predicted octanol–water partition coefficient (Wildman–Crippen LogP) is 2.51. The van der Waals surface area contributed by atoms with E-state index in [1.54, 1.807) is 24.3 Å². The molecule has 32 heavy (non-hydrogen) atoms. The van der Waals surface area contributed by atoms with Gasteiger partial charge >= 0.3 is 20.2 Å². The van der Waals surface area contributed by atoms with Crippen LogP contribution in [0.5, 0.6) is 11.5 Å². The number of hydrogen-bond acceptors (Lipinski definition) is 8. The van der Waals surface area contributed by atoms with Gasteiger partial charge in [0.05, 0.1) is 23.3 Å². The highest BCUT2D eigenvalue weighted by atomic mass is 32.2. The van der Waals surface area contributed by atoms with Gasteiger partial charge in [-0.3, -0.25) is 0 Å². The lowest BCUT2D eigenvalue weighted by molar-refractivity contribution is 0.478. The van der Waals surface area contributed by atoms with Crippen molar-refractivity contribution in [2.45, 2.75) is 0 Å². The van der Waals surface area contributed by atoms with Crippen LogP contribution in [-0.2, 0) is 20.2 Å². The minimum atomic E-state index is -4.29. The molecule has 4 aromatic rings. The Morgan fingerprint density at radius 2 is 1.12 bits per heavy atom. The predicted molar refractivity (Wildman–Crippen MR) is 115 cm³/mol. The third-order valence-corrected chi connectivity index (χ3v) is 7.10. The quantitative estimate of drug-likeness (QED) is 0.389. The van der Waals surface area contributed by atoms with Crippen LogP contribution in [0, 0.1) is 22.7 Å². The number of benzene rings is 2. The van der Waals surface area contributed by atoms with Crippen molar-refractivity contribution in [1.82, 2.24) is 9.97 Å². The Kier molecular flexibility index (Phi) is 5.26. The van der Waals surface area contributed by atoms with Gasteiger partial charge in [0.1, 0.15) is 11.5 Å². The fourth-order valence-corrected chi connectivity index (χ4v) is 5.65. The zero-order valence-corrected chi connectivity index (χ0v) is 17.8. The zero-order valence-electron chi connectivity index (χ0n) is 16.2. The molecule has 12 heteroatoms. The molecule has 0 spiro atoms. The summed E-state index contributed by atoms with van der Waals surface area (Å²) < 4.78 is 59.6. The van der Waals surface area contributed by atoms with E-state index in [1.807, 2.05) is 12.1 Å². The Morgan fingerprint density at radius 1 is 0.719 bits per heavy atom. The maximum atomic E-state index is 12.4. The number of fused-ring (bicyclic) bond motifs is 2. The summed E-state index contributed by atoms with van der Waals surface area (Å²) in [6.07, 6.45) is 2.63. The van der Waals surface area contributed by atoms with Gasteiger partial charge in [-0.2, -0.15) is 27.4 Å². The Labute approximate surface area is 182 Å². The summed E-state index contributed by atoms with van der Waals surface area (Å²) in [6.45, 7) is 0. The van der Waals surface area contributed by atoms with Crippen LogP contribution in [0.4, 0.5) is 0 Å². The molecule has 2 aromatic carbocycles. The van der Waals surface area contributed by atoms with Crippen molar-refractivity contribution in [1.29, 1.82) is 10.5 Å². The number of nitriles is 2. The summed E-state index contributed by atoms with van der Waals surface area (Å²) in [6, 6.07) is 13.1. The molecule has 162 valence electrons. The molecule has 0 saturated carbocycles. The molecule has 10 nitrogen and oxygen atoms in total. The molecule has 0 fully saturated rings. The summed E-state index contributed by atoms with van der Waals surface area (Å²) >= 11 is 0. The number of aromatic amines is 2. The van der Waals surface area contributed by atoms with E-state index in [2.05, 4.69) is 9.97 Å². The largest absolute Gasteiger partial charge is 0.380 e. The first-order chi connectivity index (χ1) is 15.2. The number of nitrogens with zero attached hydrogens (tertiary/aromatic N) is 2. The molecular formula is C20H14N4O6S2. The summed E-state index contributed by atoms with van der Waals surface area (Å²) in [5, 5.41) is 18.8. The van der Waals surface area contributed by atoms with Crippen molar-refractivity contribution in [3.63, 3.8) is 0 Å². The van der Waals surface area contributed by atoms with Crippen molar-refractivity contribution >= 4 is 42.0 Å². The van der Waals surface area contributed by atoms with Gasteiger partial charge in [-0.25, -0.2) is 0 Å². The Bertz CT molecular complexity index is 1510. The molecule has 2 heterocycles. The van der Waals surface area contributed by atoms with Crippen molar-refractivity contribution < 1.29 is 25.2 Å². The van der Waals surface area contributed by atoms with E-state index >= 15 is 0 Å². The van der Waals surface area contributed by atoms with E-state index in [-0.39, 0.29) is 11.5 Å². The molecule has 0 radical (unpaired) electrons. The molecule has 0 atom stereocenters. The van der Waals surface area contributed by atoms with E-state index in [4.69, 9.17) is 18.9 Å². The first-order valence-corrected chi connectivity index (χ1v) is 12.2. The van der Waals surface area contributed by atoms with Crippen LogP contribution in [0.2, 0.25) is 0 Å². The van der Waals surface area contributed by atoms with Crippen LogP contribution in [0.1, 0.15) is 11.1 Å². The summed E-state index contributed by atoms with van der Waals surface area (Å²) in [4.78, 5) is 5.64. The molecule has 0 aliphatic heterocycles. The monoisotopic (exact) mass is 470 g/mol. The van der Waals surface area contributed by atoms with Gasteiger partial charge in [-0.15, -0.1) is 0 Å². The molecule has 4 rings (SSSR count). The molecular weight excluding hydrogens is 456 g/mol. The van der Waals surface area contributed by atoms with Crippen LogP contribution in [0.25, 0.3) is 21.8 Å². The van der Waals surface area contributed by atoms with Gasteiger partial charge < -0.3 is 18.3 Å². The maximum Gasteiger partial charge on any atom is 0.310 e. The lowest BCUT2D eigenvalue weighted by Gasteiger charge is -2.08. The maximum absolute atomic E-state index is 12.4. The topological polar surface area (TPSA) is 166 Å². The summed E-state index contributed by atoms with van der Waals surface area (Å²) in [5.41, 5.74) is 1.74. The first kappa shape index (κ1) is 21.2. The van der Waals surface area contributed by atoms with Gasteiger partial charge in [0.15, 0.2) is 11.5 Å². The Balaban J connectivity index is 1.49. The van der Waals surface area contributed by atoms with E-state index in [0.29, 0.717) is 32.9 Å². The molecule has 0 saturated heterocycles. The van der Waals surface area contributed by atoms with Crippen LogP contribution in [-0.4, -0.2) is 38.3 Å². The molecule has 0 aliphatic rings. The molecule has 2 aromatic heterocycles. The fraction of sp³-hybridized carbons (Fsp3) is 0.100. The minimum Gasteiger partial charge on any atom is -0.380 e. The van der Waals surface area contributed by atoms with Gasteiger partial charge in [0.25, 0.3) is 0 Å². The van der Waals surface area contributed by atoms with Crippen molar-refractivity contribution in [3.05, 3.63) is 59.9 Å². The van der Waals surface area contributed by atoms with Crippen molar-refractivity contribution in [2.75, 3.05) is 11.5 Å². The lowest BCUT2D eigenvalue weighted by atomic mass is 10.2. The van der Waals surface area contributed by atoms with Crippen LogP contribution >= 0.6 is 0 Å². The van der Waals surface area contributed by atoms with Crippen LogP contribution in [0.15, 0.2) is 48.8 Å². The van der Waals surface area contributed by atoms with Crippen molar-refractivity contribution in [3.8, 4) is 23.6 Å². The highest BCUT2D eigenvalue weighted by molar-refractivity contribution is 7.90. The minimum absolute atomic E-state index is 0.0453. The SMILES string of the molecule is N#Cc1ccc2[nH]cc(OS(=O)(=O)CCS(=O)(=O)Oc3c[nH]c4ccc(C#N)cc34)c2c1. The number of aromatic nitrogens is 2. The fourth-order valence-electron chi connectivity index (χ4n) is 3.03. The average molecular weight is 470 g/mol. The van der Waals surface area contributed by atoms with Gasteiger partial charge in [0.2, 0.25) is 0 Å². The van der Waals surface area contributed by atoms with Crippen molar-refractivity contribution in [2.24, 2.45) is 0 Å². The third kappa shape index (κ3) is 4.37. The van der Waals surface area contributed by atoms with E-state index < -0.39 is 31.7 Å². The first-order valence-electron chi connectivity index (χ1n) is 9.06. The van der Waals surface area contributed by atoms with E-state index in [0.717, 1.165) is 0 Å². The zero-order chi connectivity index (χ0) is 22.9. The lowest BCUT2D eigenvalue weighted by Crippen LogP contribution is -2.24. The molecule has 2 N–H and O–H groups in total. The normalized spacial score (nSPS) is 11.8. The Hall–Kier alpha value is -4.00. The summed E-state index contributed by atoms with van der Waals surface area (Å²) in [5.74, 6) is -1.80. The standard InChI is InChI=1S/C20H14N4O6S2/c21-9-13-1-3-17-15(7-13)19(11-23-17)29-31(25,26)5-6-32(27,28)30-20-12-24-18-4-2-14(10-22)8-16(18)20/h1-4,7-8,11-12,23-24H,5-6H2. The highest BCUT2D eigenvalue weighted by Gasteiger charge is 2.23. The van der Waals surface area contributed by atoms with Gasteiger partial charge in [-0.05, 0) is 36.4 Å². The average Bonchev–Trinajstić information content (AvgIpc) is 3.35. The third-order valence-electron chi connectivity index (χ3n) is 4.56. The van der Waals surface area contributed by atoms with E-state index in [9.17, 15) is 16.8 Å². The highest BCUT2D eigenvalue weighted by Crippen LogP contribution is 2.29. The number of nitrogens with one attached hydrogen (secondary N) is 2. The van der Waals surface area contributed by atoms with Gasteiger partial charge in [-0.1, -0.05) is 0 Å².